The minimum atomic E-state index is -1.27. The number of ether oxygens (including phenoxy) is 2. The zero-order valence-electron chi connectivity index (χ0n) is 17.4. The van der Waals surface area contributed by atoms with E-state index in [1.165, 1.54) is 0 Å². The summed E-state index contributed by atoms with van der Waals surface area (Å²) in [6.45, 7) is 0. The molecule has 3 aromatic rings. The second kappa shape index (κ2) is 8.26. The minimum absolute atomic E-state index is 0.0706. The number of thiol groups is 1. The third kappa shape index (κ3) is 3.00. The van der Waals surface area contributed by atoms with Crippen LogP contribution < -0.4 is 9.47 Å². The molecule has 2 aliphatic rings. The number of nitrogens with zero attached hydrogens (tertiary/aromatic N) is 2. The van der Waals surface area contributed by atoms with Gasteiger partial charge < -0.3 is 14.6 Å². The van der Waals surface area contributed by atoms with Crippen molar-refractivity contribution >= 4 is 12.6 Å². The van der Waals surface area contributed by atoms with Crippen molar-refractivity contribution in [2.75, 3.05) is 13.4 Å². The first-order chi connectivity index (χ1) is 15.1. The van der Waals surface area contributed by atoms with E-state index in [1.807, 2.05) is 30.3 Å². The topological polar surface area (TPSA) is 75.4 Å². The van der Waals surface area contributed by atoms with Crippen LogP contribution in [0, 0.1) is 11.3 Å². The lowest BCUT2D eigenvalue weighted by molar-refractivity contribution is -0.106. The summed E-state index contributed by atoms with van der Waals surface area (Å²) in [6, 6.07) is 19.6. The van der Waals surface area contributed by atoms with E-state index in [0.29, 0.717) is 29.0 Å². The molecular weight excluding hydrogens is 408 g/mol. The number of aromatic nitrogens is 1. The smallest absolute Gasteiger partial charge is 0.174 e. The summed E-state index contributed by atoms with van der Waals surface area (Å²) in [5.41, 5.74) is 0.860. The number of methoxy groups -OCH3 is 1. The second-order valence-corrected chi connectivity index (χ2v) is 7.60. The van der Waals surface area contributed by atoms with Gasteiger partial charge in [-0.1, -0.05) is 42.5 Å². The van der Waals surface area contributed by atoms with Crippen LogP contribution >= 0.6 is 12.6 Å². The van der Waals surface area contributed by atoms with E-state index >= 15 is 0 Å². The Labute approximate surface area is 187 Å². The first-order valence-electron chi connectivity index (χ1n) is 10.1. The van der Waals surface area contributed by atoms with Gasteiger partial charge in [-0.25, -0.2) is 0 Å². The Morgan fingerprint density at radius 1 is 1.13 bits per heavy atom. The fourth-order valence-corrected chi connectivity index (χ4v) is 5.11. The summed E-state index contributed by atoms with van der Waals surface area (Å²) in [4.78, 5) is 4.23. The van der Waals surface area contributed by atoms with Crippen molar-refractivity contribution in [1.29, 1.82) is 5.26 Å². The molecule has 6 heteroatoms. The van der Waals surface area contributed by atoms with E-state index in [1.54, 1.807) is 37.9 Å². The molecule has 1 saturated carbocycles. The van der Waals surface area contributed by atoms with Gasteiger partial charge in [-0.15, -0.1) is 0 Å². The molecule has 1 aliphatic heterocycles. The SMILES string of the molecule is COc1cncc2c1C1(O)CCC(c3ccccc3)C1(c1ccc(C#N)cc1)O2.CS. The van der Waals surface area contributed by atoms with Crippen LogP contribution in [0.5, 0.6) is 11.5 Å². The summed E-state index contributed by atoms with van der Waals surface area (Å²) in [6.07, 6.45) is 6.23. The van der Waals surface area contributed by atoms with Gasteiger partial charge in [-0.05, 0) is 42.4 Å². The third-order valence-electron chi connectivity index (χ3n) is 6.33. The molecule has 0 spiro atoms. The van der Waals surface area contributed by atoms with Gasteiger partial charge in [0.2, 0.25) is 0 Å². The fraction of sp³-hybridized carbons (Fsp3) is 0.280. The monoisotopic (exact) mass is 432 g/mol. The highest BCUT2D eigenvalue weighted by atomic mass is 32.1. The minimum Gasteiger partial charge on any atom is -0.495 e. The second-order valence-electron chi connectivity index (χ2n) is 7.60. The van der Waals surface area contributed by atoms with Gasteiger partial charge in [-0.3, -0.25) is 4.98 Å². The van der Waals surface area contributed by atoms with Crippen molar-refractivity contribution in [2.45, 2.75) is 30.0 Å². The van der Waals surface area contributed by atoms with Crippen LogP contribution in [0.4, 0.5) is 0 Å². The van der Waals surface area contributed by atoms with Crippen LogP contribution in [0.25, 0.3) is 0 Å². The number of fused-ring (bicyclic) bond motifs is 3. The molecule has 1 aromatic heterocycles. The summed E-state index contributed by atoms with van der Waals surface area (Å²) in [7, 11) is 1.58. The van der Waals surface area contributed by atoms with E-state index in [9.17, 15) is 10.4 Å². The summed E-state index contributed by atoms with van der Waals surface area (Å²) < 4.78 is 12.2. The van der Waals surface area contributed by atoms with Gasteiger partial charge in [-0.2, -0.15) is 17.9 Å². The molecular formula is C25H24N2O3S. The Bertz CT molecular complexity index is 1110. The molecule has 1 fully saturated rings. The Balaban J connectivity index is 0.00000112. The molecule has 0 saturated heterocycles. The normalized spacial score (nSPS) is 25.3. The maximum absolute atomic E-state index is 12.2. The lowest BCUT2D eigenvalue weighted by Crippen LogP contribution is -2.48. The molecule has 5 rings (SSSR count). The highest BCUT2D eigenvalue weighted by molar-refractivity contribution is 7.79. The molecule has 2 heterocycles. The molecule has 158 valence electrons. The number of benzene rings is 2. The molecule has 2 aromatic carbocycles. The van der Waals surface area contributed by atoms with E-state index in [0.717, 1.165) is 17.5 Å². The number of aliphatic hydroxyl groups is 1. The van der Waals surface area contributed by atoms with Crippen LogP contribution in [-0.4, -0.2) is 23.5 Å². The van der Waals surface area contributed by atoms with Crippen LogP contribution in [0.1, 0.15) is 41.0 Å². The van der Waals surface area contributed by atoms with Crippen LogP contribution in [0.3, 0.4) is 0 Å². The molecule has 3 unspecified atom stereocenters. The van der Waals surface area contributed by atoms with Crippen molar-refractivity contribution in [1.82, 2.24) is 4.98 Å². The van der Waals surface area contributed by atoms with Gasteiger partial charge in [0.05, 0.1) is 36.7 Å². The first kappa shape index (κ1) is 21.2. The Morgan fingerprint density at radius 3 is 2.48 bits per heavy atom. The van der Waals surface area contributed by atoms with Gasteiger partial charge >= 0.3 is 0 Å². The van der Waals surface area contributed by atoms with E-state index in [-0.39, 0.29) is 5.92 Å². The van der Waals surface area contributed by atoms with Crippen molar-refractivity contribution in [3.05, 3.63) is 89.2 Å². The number of rotatable bonds is 3. The molecule has 3 atom stereocenters. The van der Waals surface area contributed by atoms with Crippen molar-refractivity contribution in [2.24, 2.45) is 0 Å². The predicted octanol–water partition coefficient (Wildman–Crippen LogP) is 4.56. The third-order valence-corrected chi connectivity index (χ3v) is 6.33. The molecule has 1 aliphatic carbocycles. The molecule has 0 radical (unpaired) electrons. The largest absolute Gasteiger partial charge is 0.495 e. The maximum atomic E-state index is 12.2. The standard InChI is InChI=1S/C24H20N2O3.CH4S/c1-28-20-14-26-15-21-22(20)23(27)12-11-19(17-5-3-2-4-6-17)24(23,29-21)18-9-7-16(13-25)8-10-18;1-2/h2-10,14-15,19,27H,11-12H2,1H3;2H,1H3. The average Bonchev–Trinajstić information content (AvgIpc) is 3.28. The molecule has 1 N–H and O–H groups in total. The van der Waals surface area contributed by atoms with Gasteiger partial charge in [0.15, 0.2) is 5.60 Å². The van der Waals surface area contributed by atoms with Crippen molar-refractivity contribution in [3.8, 4) is 17.6 Å². The maximum Gasteiger partial charge on any atom is 0.174 e. The highest BCUT2D eigenvalue weighted by Gasteiger charge is 2.69. The van der Waals surface area contributed by atoms with Gasteiger partial charge in [0.25, 0.3) is 0 Å². The molecule has 0 amide bonds. The predicted molar refractivity (Wildman–Crippen MR) is 121 cm³/mol. The molecule has 31 heavy (non-hydrogen) atoms. The summed E-state index contributed by atoms with van der Waals surface area (Å²) in [5, 5.41) is 21.4. The van der Waals surface area contributed by atoms with Crippen LogP contribution in [0.2, 0.25) is 0 Å². The Kier molecular flexibility index (Phi) is 5.65. The zero-order chi connectivity index (χ0) is 22.1. The number of pyridine rings is 1. The van der Waals surface area contributed by atoms with Gasteiger partial charge in [0.1, 0.15) is 17.1 Å². The van der Waals surface area contributed by atoms with E-state index < -0.39 is 11.2 Å². The fourth-order valence-electron chi connectivity index (χ4n) is 5.11. The van der Waals surface area contributed by atoms with Crippen molar-refractivity contribution < 1.29 is 14.6 Å². The van der Waals surface area contributed by atoms with Crippen LogP contribution in [0.15, 0.2) is 67.0 Å². The molecule has 0 bridgehead atoms. The summed E-state index contributed by atoms with van der Waals surface area (Å²) in [5.74, 6) is 0.991. The highest BCUT2D eigenvalue weighted by Crippen LogP contribution is 2.67. The Morgan fingerprint density at radius 2 is 1.84 bits per heavy atom. The average molecular weight is 433 g/mol. The lowest BCUT2D eigenvalue weighted by atomic mass is 9.71. The van der Waals surface area contributed by atoms with E-state index in [2.05, 4.69) is 35.8 Å². The zero-order valence-corrected chi connectivity index (χ0v) is 18.3. The first-order valence-corrected chi connectivity index (χ1v) is 11.0. The number of hydrogen-bond donors (Lipinski definition) is 2. The van der Waals surface area contributed by atoms with Crippen LogP contribution in [-0.2, 0) is 11.2 Å². The van der Waals surface area contributed by atoms with Crippen molar-refractivity contribution in [3.63, 3.8) is 0 Å². The Hall–Kier alpha value is -3.01. The van der Waals surface area contributed by atoms with Gasteiger partial charge in [0, 0.05) is 5.92 Å². The number of hydrogen-bond acceptors (Lipinski definition) is 6. The summed E-state index contributed by atoms with van der Waals surface area (Å²) >= 11 is 3.53. The lowest BCUT2D eigenvalue weighted by Gasteiger charge is -2.40. The molecule has 5 nitrogen and oxygen atoms in total. The van der Waals surface area contributed by atoms with E-state index in [4.69, 9.17) is 9.47 Å². The quantitative estimate of drug-likeness (QED) is 0.594. The number of nitriles is 1.